The topological polar surface area (TPSA) is 84.0 Å². The zero-order valence-electron chi connectivity index (χ0n) is 14.6. The standard InChI is InChI=1S/C18H16ClNO6/c1-8-14(17(21)23-3)16(15(9(2)20-8)18(22)24-4)10-5-12-13(6-11(10)19)26-7-25-12/h5-6H,7H2,1-4H3. The molecule has 1 aromatic heterocycles. The molecule has 2 heterocycles. The van der Waals surface area contributed by atoms with Crippen LogP contribution < -0.4 is 9.47 Å². The molecule has 8 heteroatoms. The third-order valence-electron chi connectivity index (χ3n) is 4.07. The number of carbonyl (C=O) groups is 2. The molecule has 3 rings (SSSR count). The Morgan fingerprint density at radius 3 is 2.00 bits per heavy atom. The maximum atomic E-state index is 12.4. The van der Waals surface area contributed by atoms with Gasteiger partial charge in [0.2, 0.25) is 6.79 Å². The van der Waals surface area contributed by atoms with Gasteiger partial charge in [-0.3, -0.25) is 4.98 Å². The van der Waals surface area contributed by atoms with Crippen molar-refractivity contribution in [3.8, 4) is 22.6 Å². The highest BCUT2D eigenvalue weighted by Gasteiger charge is 2.30. The van der Waals surface area contributed by atoms with Gasteiger partial charge in [-0.05, 0) is 19.9 Å². The molecule has 0 spiro atoms. The van der Waals surface area contributed by atoms with Gasteiger partial charge in [-0.1, -0.05) is 11.6 Å². The number of nitrogens with zero attached hydrogens (tertiary/aromatic N) is 1. The molecule has 0 fully saturated rings. The van der Waals surface area contributed by atoms with Crippen molar-refractivity contribution in [2.45, 2.75) is 13.8 Å². The summed E-state index contributed by atoms with van der Waals surface area (Å²) in [5.41, 5.74) is 1.80. The summed E-state index contributed by atoms with van der Waals surface area (Å²) in [5, 5.41) is 0.287. The first-order valence-electron chi connectivity index (χ1n) is 7.66. The molecule has 7 nitrogen and oxygen atoms in total. The summed E-state index contributed by atoms with van der Waals surface area (Å²) in [6.07, 6.45) is 0. The Bertz CT molecular complexity index is 884. The van der Waals surface area contributed by atoms with Crippen molar-refractivity contribution in [1.82, 2.24) is 4.98 Å². The van der Waals surface area contributed by atoms with Crippen molar-refractivity contribution in [2.75, 3.05) is 21.0 Å². The fourth-order valence-corrected chi connectivity index (χ4v) is 3.18. The maximum absolute atomic E-state index is 12.4. The minimum absolute atomic E-state index is 0.0667. The van der Waals surface area contributed by atoms with Gasteiger partial charge in [0.25, 0.3) is 0 Å². The Morgan fingerprint density at radius 1 is 1.00 bits per heavy atom. The van der Waals surface area contributed by atoms with E-state index in [9.17, 15) is 9.59 Å². The van der Waals surface area contributed by atoms with Crippen molar-refractivity contribution in [1.29, 1.82) is 0 Å². The molecule has 2 aromatic rings. The Hall–Kier alpha value is -2.80. The van der Waals surface area contributed by atoms with Gasteiger partial charge < -0.3 is 18.9 Å². The molecule has 0 amide bonds. The highest BCUT2D eigenvalue weighted by molar-refractivity contribution is 6.34. The SMILES string of the molecule is COC(=O)c1c(C)nc(C)c(C(=O)OC)c1-c1cc2c(cc1Cl)OCO2. The lowest BCUT2D eigenvalue weighted by atomic mass is 9.92. The number of halogens is 1. The average Bonchev–Trinajstić information content (AvgIpc) is 3.06. The normalized spacial score (nSPS) is 12.0. The minimum atomic E-state index is -0.635. The summed E-state index contributed by atoms with van der Waals surface area (Å²) < 4.78 is 20.5. The number of methoxy groups -OCH3 is 2. The number of rotatable bonds is 3. The summed E-state index contributed by atoms with van der Waals surface area (Å²) in [7, 11) is 2.51. The van der Waals surface area contributed by atoms with Crippen LogP contribution in [0.2, 0.25) is 5.02 Å². The fraction of sp³-hybridized carbons (Fsp3) is 0.278. The second kappa shape index (κ2) is 6.84. The van der Waals surface area contributed by atoms with Gasteiger partial charge >= 0.3 is 11.9 Å². The van der Waals surface area contributed by atoms with Gasteiger partial charge in [-0.15, -0.1) is 0 Å². The Balaban J connectivity index is 2.41. The third kappa shape index (κ3) is 2.84. The molecule has 136 valence electrons. The van der Waals surface area contributed by atoms with Crippen LogP contribution in [0.15, 0.2) is 12.1 Å². The molecule has 0 aliphatic carbocycles. The second-order valence-electron chi connectivity index (χ2n) is 5.58. The average molecular weight is 378 g/mol. The van der Waals surface area contributed by atoms with E-state index in [1.54, 1.807) is 26.0 Å². The third-order valence-corrected chi connectivity index (χ3v) is 4.38. The molecular weight excluding hydrogens is 362 g/mol. The van der Waals surface area contributed by atoms with E-state index < -0.39 is 11.9 Å². The largest absolute Gasteiger partial charge is 0.465 e. The van der Waals surface area contributed by atoms with Crippen LogP contribution in [-0.2, 0) is 9.47 Å². The van der Waals surface area contributed by atoms with Crippen molar-refractivity contribution < 1.29 is 28.5 Å². The summed E-state index contributed by atoms with van der Waals surface area (Å²) >= 11 is 6.43. The predicted octanol–water partition coefficient (Wildman–Crippen LogP) is 3.32. The number of pyridine rings is 1. The zero-order chi connectivity index (χ0) is 19.0. The maximum Gasteiger partial charge on any atom is 0.340 e. The number of benzene rings is 1. The number of fused-ring (bicyclic) bond motifs is 1. The van der Waals surface area contributed by atoms with Crippen molar-refractivity contribution in [3.63, 3.8) is 0 Å². The summed E-state index contributed by atoms with van der Waals surface area (Å²) in [6.45, 7) is 3.38. The first-order valence-corrected chi connectivity index (χ1v) is 8.04. The molecular formula is C18H16ClNO6. The molecule has 0 saturated carbocycles. The minimum Gasteiger partial charge on any atom is -0.465 e. The molecule has 1 aliphatic rings. The van der Waals surface area contributed by atoms with Crippen LogP contribution in [0.3, 0.4) is 0 Å². The van der Waals surface area contributed by atoms with Crippen LogP contribution in [0.1, 0.15) is 32.1 Å². The lowest BCUT2D eigenvalue weighted by molar-refractivity contribution is 0.0599. The fourth-order valence-electron chi connectivity index (χ4n) is 2.93. The van der Waals surface area contributed by atoms with E-state index in [0.717, 1.165) is 0 Å². The van der Waals surface area contributed by atoms with Crippen LogP contribution in [0.5, 0.6) is 11.5 Å². The summed E-state index contributed by atoms with van der Waals surface area (Å²) in [4.78, 5) is 29.2. The van der Waals surface area contributed by atoms with Gasteiger partial charge in [0.15, 0.2) is 11.5 Å². The molecule has 0 unspecified atom stereocenters. The van der Waals surface area contributed by atoms with Gasteiger partial charge in [0, 0.05) is 17.2 Å². The molecule has 0 atom stereocenters. The highest BCUT2D eigenvalue weighted by atomic mass is 35.5. The summed E-state index contributed by atoms with van der Waals surface area (Å²) in [5.74, 6) is -0.323. The Kier molecular flexibility index (Phi) is 4.73. The van der Waals surface area contributed by atoms with E-state index in [4.69, 9.17) is 30.5 Å². The summed E-state index contributed by atoms with van der Waals surface area (Å²) in [6, 6.07) is 3.20. The molecule has 26 heavy (non-hydrogen) atoms. The van der Waals surface area contributed by atoms with Crippen LogP contribution in [0.4, 0.5) is 0 Å². The lowest BCUT2D eigenvalue weighted by Crippen LogP contribution is -2.16. The van der Waals surface area contributed by atoms with Crippen LogP contribution >= 0.6 is 11.6 Å². The smallest absolute Gasteiger partial charge is 0.340 e. The molecule has 0 radical (unpaired) electrons. The number of hydrogen-bond donors (Lipinski definition) is 0. The predicted molar refractivity (Wildman–Crippen MR) is 93.0 cm³/mol. The van der Waals surface area contributed by atoms with Crippen LogP contribution in [0.25, 0.3) is 11.1 Å². The van der Waals surface area contributed by atoms with Gasteiger partial charge in [0.05, 0.1) is 41.8 Å². The van der Waals surface area contributed by atoms with E-state index in [0.29, 0.717) is 28.5 Å². The van der Waals surface area contributed by atoms with E-state index >= 15 is 0 Å². The van der Waals surface area contributed by atoms with Gasteiger partial charge in [-0.25, -0.2) is 9.59 Å². The van der Waals surface area contributed by atoms with Crippen LogP contribution in [0, 0.1) is 13.8 Å². The molecule has 0 bridgehead atoms. The van der Waals surface area contributed by atoms with E-state index in [-0.39, 0.29) is 28.5 Å². The number of ether oxygens (including phenoxy) is 4. The van der Waals surface area contributed by atoms with Crippen LogP contribution in [-0.4, -0.2) is 37.9 Å². The van der Waals surface area contributed by atoms with E-state index in [2.05, 4.69) is 4.98 Å². The second-order valence-corrected chi connectivity index (χ2v) is 5.98. The number of esters is 2. The monoisotopic (exact) mass is 377 g/mol. The highest BCUT2D eigenvalue weighted by Crippen LogP contribution is 2.44. The first kappa shape index (κ1) is 18.0. The van der Waals surface area contributed by atoms with Gasteiger partial charge in [0.1, 0.15) is 0 Å². The van der Waals surface area contributed by atoms with Crippen molar-refractivity contribution >= 4 is 23.5 Å². The molecule has 1 aliphatic heterocycles. The number of carbonyl (C=O) groups excluding carboxylic acids is 2. The van der Waals surface area contributed by atoms with Gasteiger partial charge in [-0.2, -0.15) is 0 Å². The van der Waals surface area contributed by atoms with E-state index in [1.807, 2.05) is 0 Å². The van der Waals surface area contributed by atoms with Crippen molar-refractivity contribution in [3.05, 3.63) is 39.7 Å². The first-order chi connectivity index (χ1) is 12.4. The van der Waals surface area contributed by atoms with E-state index in [1.165, 1.54) is 14.2 Å². The van der Waals surface area contributed by atoms with Crippen molar-refractivity contribution in [2.24, 2.45) is 0 Å². The number of aryl methyl sites for hydroxylation is 2. The molecule has 0 saturated heterocycles. The Morgan fingerprint density at radius 2 is 1.50 bits per heavy atom. The number of aromatic nitrogens is 1. The Labute approximate surface area is 154 Å². The molecule has 0 N–H and O–H groups in total. The zero-order valence-corrected chi connectivity index (χ0v) is 15.4. The number of hydrogen-bond acceptors (Lipinski definition) is 7. The quantitative estimate of drug-likeness (QED) is 0.758. The molecule has 1 aromatic carbocycles. The lowest BCUT2D eigenvalue weighted by Gasteiger charge is -2.18.